The second-order valence-corrected chi connectivity index (χ2v) is 4.27. The number of carbonyl (C=O) groups excluding carboxylic acids is 1. The molecule has 2 aromatic heterocycles. The number of ketones is 1. The SMILES string of the molecule is Cc1c(/C=C/C(=O)c2cnn(C)c2C)cnn1C. The first-order valence-corrected chi connectivity index (χ1v) is 5.70. The first kappa shape index (κ1) is 12.3. The lowest BCUT2D eigenvalue weighted by atomic mass is 10.1. The van der Waals surface area contributed by atoms with Crippen LogP contribution in [0.25, 0.3) is 6.08 Å². The van der Waals surface area contributed by atoms with E-state index in [1.165, 1.54) is 0 Å². The van der Waals surface area contributed by atoms with Crippen LogP contribution < -0.4 is 0 Å². The molecule has 2 rings (SSSR count). The van der Waals surface area contributed by atoms with Crippen molar-refractivity contribution in [1.29, 1.82) is 0 Å². The lowest BCUT2D eigenvalue weighted by Crippen LogP contribution is -1.98. The average Bonchev–Trinajstić information content (AvgIpc) is 2.83. The van der Waals surface area contributed by atoms with Crippen LogP contribution in [0.3, 0.4) is 0 Å². The molecule has 2 aromatic rings. The minimum atomic E-state index is -0.0381. The van der Waals surface area contributed by atoms with Gasteiger partial charge in [-0.1, -0.05) is 0 Å². The molecule has 0 aliphatic rings. The van der Waals surface area contributed by atoms with Gasteiger partial charge < -0.3 is 0 Å². The Kier molecular flexibility index (Phi) is 3.14. The van der Waals surface area contributed by atoms with E-state index in [-0.39, 0.29) is 5.78 Å². The average molecular weight is 244 g/mol. The van der Waals surface area contributed by atoms with Crippen LogP contribution in [0, 0.1) is 13.8 Å². The predicted molar refractivity (Wildman–Crippen MR) is 69.3 cm³/mol. The summed E-state index contributed by atoms with van der Waals surface area (Å²) in [5.41, 5.74) is 3.48. The smallest absolute Gasteiger partial charge is 0.189 e. The number of rotatable bonds is 3. The quantitative estimate of drug-likeness (QED) is 0.609. The van der Waals surface area contributed by atoms with Gasteiger partial charge in [0.1, 0.15) is 0 Å². The molecule has 0 bridgehead atoms. The summed E-state index contributed by atoms with van der Waals surface area (Å²) in [6.07, 6.45) is 6.69. The molecule has 2 heterocycles. The van der Waals surface area contributed by atoms with Crippen LogP contribution in [0.15, 0.2) is 18.5 Å². The minimum absolute atomic E-state index is 0.0381. The zero-order chi connectivity index (χ0) is 13.3. The zero-order valence-corrected chi connectivity index (χ0v) is 11.0. The molecule has 0 N–H and O–H groups in total. The Balaban J connectivity index is 2.22. The molecule has 0 fully saturated rings. The molecule has 0 saturated carbocycles. The second kappa shape index (κ2) is 4.60. The van der Waals surface area contributed by atoms with E-state index in [0.29, 0.717) is 5.56 Å². The number of nitrogens with zero attached hydrogens (tertiary/aromatic N) is 4. The maximum absolute atomic E-state index is 12.0. The Labute approximate surface area is 106 Å². The highest BCUT2D eigenvalue weighted by molar-refractivity contribution is 6.07. The van der Waals surface area contributed by atoms with Crippen molar-refractivity contribution in [3.63, 3.8) is 0 Å². The maximum atomic E-state index is 12.0. The van der Waals surface area contributed by atoms with E-state index < -0.39 is 0 Å². The van der Waals surface area contributed by atoms with Crippen LogP contribution in [-0.4, -0.2) is 25.3 Å². The zero-order valence-electron chi connectivity index (χ0n) is 11.0. The van der Waals surface area contributed by atoms with E-state index >= 15 is 0 Å². The topological polar surface area (TPSA) is 52.7 Å². The monoisotopic (exact) mass is 244 g/mol. The van der Waals surface area contributed by atoms with Crippen molar-refractivity contribution in [3.05, 3.63) is 41.0 Å². The molecular weight excluding hydrogens is 228 g/mol. The Morgan fingerprint density at radius 2 is 1.72 bits per heavy atom. The molecule has 0 amide bonds. The van der Waals surface area contributed by atoms with Gasteiger partial charge in [-0.05, 0) is 26.0 Å². The van der Waals surface area contributed by atoms with Gasteiger partial charge in [-0.15, -0.1) is 0 Å². The summed E-state index contributed by atoms with van der Waals surface area (Å²) in [7, 11) is 3.70. The fourth-order valence-corrected chi connectivity index (χ4v) is 1.68. The van der Waals surface area contributed by atoms with Crippen LogP contribution in [0.5, 0.6) is 0 Å². The third-order valence-electron chi connectivity index (χ3n) is 3.19. The van der Waals surface area contributed by atoms with Crippen molar-refractivity contribution in [1.82, 2.24) is 19.6 Å². The van der Waals surface area contributed by atoms with E-state index in [9.17, 15) is 4.79 Å². The highest BCUT2D eigenvalue weighted by Gasteiger charge is 2.10. The van der Waals surface area contributed by atoms with Crippen LogP contribution in [-0.2, 0) is 14.1 Å². The number of allylic oxidation sites excluding steroid dienone is 1. The van der Waals surface area contributed by atoms with E-state index in [4.69, 9.17) is 0 Å². The summed E-state index contributed by atoms with van der Waals surface area (Å²) in [6.45, 7) is 3.84. The number of hydrogen-bond acceptors (Lipinski definition) is 3. The van der Waals surface area contributed by atoms with Gasteiger partial charge in [-0.25, -0.2) is 0 Å². The standard InChI is InChI=1S/C13H16N4O/c1-9-11(7-14-16(9)3)5-6-13(18)12-8-15-17(4)10(12)2/h5-8H,1-4H3/b6-5+. The van der Waals surface area contributed by atoms with Gasteiger partial charge in [0, 0.05) is 31.0 Å². The molecule has 5 nitrogen and oxygen atoms in total. The van der Waals surface area contributed by atoms with Gasteiger partial charge in [0.05, 0.1) is 18.0 Å². The van der Waals surface area contributed by atoms with Gasteiger partial charge in [-0.2, -0.15) is 10.2 Å². The molecule has 18 heavy (non-hydrogen) atoms. The molecular formula is C13H16N4O. The fraction of sp³-hybridized carbons (Fsp3) is 0.308. The first-order chi connectivity index (χ1) is 8.50. The van der Waals surface area contributed by atoms with Crippen molar-refractivity contribution in [2.75, 3.05) is 0 Å². The van der Waals surface area contributed by atoms with Gasteiger partial charge in [0.2, 0.25) is 0 Å². The number of aromatic nitrogens is 4. The third kappa shape index (κ3) is 2.11. The Morgan fingerprint density at radius 3 is 2.22 bits per heavy atom. The summed E-state index contributed by atoms with van der Waals surface area (Å²) >= 11 is 0. The molecule has 0 aromatic carbocycles. The summed E-state index contributed by atoms with van der Waals surface area (Å²) in [6, 6.07) is 0. The molecule has 0 aliphatic heterocycles. The van der Waals surface area contributed by atoms with Gasteiger partial charge in [0.15, 0.2) is 5.78 Å². The van der Waals surface area contributed by atoms with E-state index in [1.807, 2.05) is 27.9 Å². The normalized spacial score (nSPS) is 11.3. The van der Waals surface area contributed by atoms with Crippen molar-refractivity contribution >= 4 is 11.9 Å². The van der Waals surface area contributed by atoms with E-state index in [0.717, 1.165) is 17.0 Å². The molecule has 0 atom stereocenters. The van der Waals surface area contributed by atoms with Crippen LogP contribution in [0.1, 0.15) is 27.3 Å². The highest BCUT2D eigenvalue weighted by Crippen LogP contribution is 2.11. The molecule has 94 valence electrons. The Morgan fingerprint density at radius 1 is 1.11 bits per heavy atom. The van der Waals surface area contributed by atoms with Crippen LogP contribution >= 0.6 is 0 Å². The van der Waals surface area contributed by atoms with Crippen molar-refractivity contribution in [2.45, 2.75) is 13.8 Å². The van der Waals surface area contributed by atoms with Gasteiger partial charge >= 0.3 is 0 Å². The van der Waals surface area contributed by atoms with Crippen molar-refractivity contribution in [3.8, 4) is 0 Å². The molecule has 0 spiro atoms. The number of hydrogen-bond donors (Lipinski definition) is 0. The van der Waals surface area contributed by atoms with E-state index in [1.54, 1.807) is 33.9 Å². The Bertz CT molecular complexity index is 619. The maximum Gasteiger partial charge on any atom is 0.189 e. The molecule has 0 radical (unpaired) electrons. The van der Waals surface area contributed by atoms with Crippen LogP contribution in [0.2, 0.25) is 0 Å². The lowest BCUT2D eigenvalue weighted by molar-refractivity contribution is 0.104. The number of aryl methyl sites for hydroxylation is 2. The molecule has 0 saturated heterocycles. The van der Waals surface area contributed by atoms with Gasteiger partial charge in [-0.3, -0.25) is 14.2 Å². The Hall–Kier alpha value is -2.17. The van der Waals surface area contributed by atoms with Gasteiger partial charge in [0.25, 0.3) is 0 Å². The molecule has 0 unspecified atom stereocenters. The summed E-state index contributed by atoms with van der Waals surface area (Å²) in [4.78, 5) is 12.0. The fourth-order valence-electron chi connectivity index (χ4n) is 1.68. The predicted octanol–water partition coefficient (Wildman–Crippen LogP) is 1.67. The van der Waals surface area contributed by atoms with E-state index in [2.05, 4.69) is 10.2 Å². The van der Waals surface area contributed by atoms with Crippen LogP contribution in [0.4, 0.5) is 0 Å². The number of carbonyl (C=O) groups is 1. The summed E-state index contributed by atoms with van der Waals surface area (Å²) in [5.74, 6) is -0.0381. The minimum Gasteiger partial charge on any atom is -0.289 e. The summed E-state index contributed by atoms with van der Waals surface area (Å²) < 4.78 is 3.47. The lowest BCUT2D eigenvalue weighted by Gasteiger charge is -1.96. The molecule has 5 heteroatoms. The first-order valence-electron chi connectivity index (χ1n) is 5.70. The highest BCUT2D eigenvalue weighted by atomic mass is 16.1. The van der Waals surface area contributed by atoms with Crippen molar-refractivity contribution < 1.29 is 4.79 Å². The largest absolute Gasteiger partial charge is 0.289 e. The molecule has 0 aliphatic carbocycles. The van der Waals surface area contributed by atoms with Crippen molar-refractivity contribution in [2.24, 2.45) is 14.1 Å². The summed E-state index contributed by atoms with van der Waals surface area (Å²) in [5, 5.41) is 8.19. The second-order valence-electron chi connectivity index (χ2n) is 4.27. The third-order valence-corrected chi connectivity index (χ3v) is 3.19.